The number of hydrogen-bond donors (Lipinski definition) is 3. The van der Waals surface area contributed by atoms with Crippen molar-refractivity contribution in [2.45, 2.75) is 39.3 Å². The van der Waals surface area contributed by atoms with Gasteiger partial charge in [-0.3, -0.25) is 19.2 Å². The lowest BCUT2D eigenvalue weighted by Gasteiger charge is -2.27. The first kappa shape index (κ1) is 38.1. The maximum absolute atomic E-state index is 14.0. The van der Waals surface area contributed by atoms with Crippen molar-refractivity contribution in [1.82, 2.24) is 20.9 Å². The number of carbonyl (C=O) groups excluding carboxylic acids is 4. The normalized spacial score (nSPS) is 16.0. The summed E-state index contributed by atoms with van der Waals surface area (Å²) in [7, 11) is 7.34. The zero-order valence-electron chi connectivity index (χ0n) is 30.0. The van der Waals surface area contributed by atoms with Crippen LogP contribution in [0.25, 0.3) is 0 Å². The van der Waals surface area contributed by atoms with E-state index in [1.165, 1.54) is 52.6 Å². The van der Waals surface area contributed by atoms with Crippen LogP contribution in [0, 0.1) is 5.92 Å². The lowest BCUT2D eigenvalue weighted by atomic mass is 10.0. The third kappa shape index (κ3) is 9.32. The number of fused-ring (bicyclic) bond motifs is 3. The number of nitrogens with zero attached hydrogens (tertiary/aromatic N) is 1. The number of rotatable bonds is 7. The van der Waals surface area contributed by atoms with E-state index in [4.69, 9.17) is 28.4 Å². The number of ether oxygens (including phenoxy) is 6. The summed E-state index contributed by atoms with van der Waals surface area (Å²) < 4.78 is 33.7. The topological polar surface area (TPSA) is 163 Å². The lowest BCUT2D eigenvalue weighted by molar-refractivity contribution is -0.130. The summed E-state index contributed by atoms with van der Waals surface area (Å²) in [6.45, 7) is 3.72. The predicted octanol–water partition coefficient (Wildman–Crippen LogP) is 3.94. The van der Waals surface area contributed by atoms with Gasteiger partial charge in [-0.2, -0.15) is 0 Å². The maximum Gasteiger partial charge on any atom is 0.258 e. The van der Waals surface area contributed by atoms with Crippen LogP contribution in [0.5, 0.6) is 40.2 Å². The largest absolute Gasteiger partial charge is 0.496 e. The SMILES string of the molecule is COc1cc(OC)c(C(=O)N2CCCCNC(=O)c3ccc(OC)c(c3)Oc3cccc(OC)c3CNC(=O)[C@@H](C(C)C)NC(=O)C2)cc1OC. The first-order valence-corrected chi connectivity index (χ1v) is 16.5. The van der Waals surface area contributed by atoms with E-state index in [1.54, 1.807) is 36.4 Å². The van der Waals surface area contributed by atoms with E-state index in [0.717, 1.165) is 0 Å². The summed E-state index contributed by atoms with van der Waals surface area (Å²) in [5.41, 5.74) is 1.02. The van der Waals surface area contributed by atoms with Gasteiger partial charge in [0, 0.05) is 30.8 Å². The number of benzene rings is 3. The van der Waals surface area contributed by atoms with E-state index in [0.29, 0.717) is 59.3 Å². The molecular weight excluding hydrogens is 660 g/mol. The Bertz CT molecular complexity index is 1730. The fourth-order valence-corrected chi connectivity index (χ4v) is 5.59. The van der Waals surface area contributed by atoms with Gasteiger partial charge in [0.1, 0.15) is 23.3 Å². The van der Waals surface area contributed by atoms with Gasteiger partial charge in [-0.1, -0.05) is 19.9 Å². The maximum atomic E-state index is 14.0. The van der Waals surface area contributed by atoms with Crippen molar-refractivity contribution in [3.8, 4) is 40.2 Å². The van der Waals surface area contributed by atoms with Crippen LogP contribution < -0.4 is 44.4 Å². The Morgan fingerprint density at radius 2 is 1.47 bits per heavy atom. The summed E-state index contributed by atoms with van der Waals surface area (Å²) in [6, 6.07) is 12.1. The Morgan fingerprint density at radius 3 is 2.14 bits per heavy atom. The Hall–Kier alpha value is -5.66. The molecule has 3 aromatic rings. The van der Waals surface area contributed by atoms with Crippen LogP contribution in [0.15, 0.2) is 48.5 Å². The van der Waals surface area contributed by atoms with Crippen molar-refractivity contribution < 1.29 is 47.6 Å². The molecule has 51 heavy (non-hydrogen) atoms. The second-order valence-electron chi connectivity index (χ2n) is 12.0. The molecule has 14 heteroatoms. The van der Waals surface area contributed by atoms with Crippen molar-refractivity contribution in [2.24, 2.45) is 5.92 Å². The van der Waals surface area contributed by atoms with Crippen molar-refractivity contribution in [3.05, 3.63) is 65.2 Å². The summed E-state index contributed by atoms with van der Waals surface area (Å²) in [5.74, 6) is 0.296. The van der Waals surface area contributed by atoms with Gasteiger partial charge in [-0.05, 0) is 49.1 Å². The molecule has 274 valence electrons. The molecule has 2 bridgehead atoms. The highest BCUT2D eigenvalue weighted by Gasteiger charge is 2.29. The highest BCUT2D eigenvalue weighted by molar-refractivity contribution is 6.00. The van der Waals surface area contributed by atoms with Crippen LogP contribution in [0.1, 0.15) is 53.0 Å². The van der Waals surface area contributed by atoms with Crippen LogP contribution in [0.4, 0.5) is 0 Å². The van der Waals surface area contributed by atoms with E-state index in [-0.39, 0.29) is 48.5 Å². The smallest absolute Gasteiger partial charge is 0.258 e. The molecule has 1 aliphatic heterocycles. The number of nitrogens with one attached hydrogen (secondary N) is 3. The van der Waals surface area contributed by atoms with Gasteiger partial charge < -0.3 is 49.3 Å². The average Bonchev–Trinajstić information content (AvgIpc) is 3.13. The second-order valence-corrected chi connectivity index (χ2v) is 12.0. The highest BCUT2D eigenvalue weighted by atomic mass is 16.5. The zero-order valence-corrected chi connectivity index (χ0v) is 30.0. The Balaban J connectivity index is 1.70. The van der Waals surface area contributed by atoms with Gasteiger partial charge in [-0.25, -0.2) is 0 Å². The van der Waals surface area contributed by atoms with Gasteiger partial charge in [0.2, 0.25) is 11.8 Å². The standard InChI is InChI=1S/C37H46N4O10/c1-22(2)34-36(44)39-20-25-26(46-3)11-10-12-27(25)51-32-17-23(13-14-28(32)47-4)35(43)38-15-8-9-16-41(21-33(42)40-34)37(45)24-18-30(49-6)31(50-7)19-29(24)48-5/h10-14,17-19,22,34H,8-9,15-16,20-21H2,1-7H3,(H,38,43)(H,39,44)(H,40,42)/t34-/m1/s1. The molecule has 1 aliphatic rings. The van der Waals surface area contributed by atoms with Crippen molar-refractivity contribution in [2.75, 3.05) is 55.2 Å². The van der Waals surface area contributed by atoms with E-state index in [9.17, 15) is 19.2 Å². The van der Waals surface area contributed by atoms with Gasteiger partial charge in [-0.15, -0.1) is 0 Å². The van der Waals surface area contributed by atoms with E-state index < -0.39 is 23.8 Å². The summed E-state index contributed by atoms with van der Waals surface area (Å²) in [5, 5.41) is 8.62. The molecule has 4 amide bonds. The fourth-order valence-electron chi connectivity index (χ4n) is 5.59. The fraction of sp³-hybridized carbons (Fsp3) is 0.405. The summed E-state index contributed by atoms with van der Waals surface area (Å²) in [6.07, 6.45) is 0.933. The van der Waals surface area contributed by atoms with Gasteiger partial charge in [0.15, 0.2) is 23.0 Å². The third-order valence-corrected chi connectivity index (χ3v) is 8.36. The molecule has 0 aromatic heterocycles. The Kier molecular flexibility index (Phi) is 13.3. The van der Waals surface area contributed by atoms with Crippen LogP contribution in [-0.2, 0) is 16.1 Å². The molecule has 0 aliphatic carbocycles. The molecule has 0 fully saturated rings. The molecule has 0 unspecified atom stereocenters. The zero-order chi connectivity index (χ0) is 37.1. The first-order chi connectivity index (χ1) is 24.5. The first-order valence-electron chi connectivity index (χ1n) is 16.5. The van der Waals surface area contributed by atoms with Crippen molar-refractivity contribution in [3.63, 3.8) is 0 Å². The molecule has 3 aromatic carbocycles. The van der Waals surface area contributed by atoms with Gasteiger partial charge in [0.05, 0.1) is 59.8 Å². The number of methoxy groups -OCH3 is 5. The quantitative estimate of drug-likeness (QED) is 0.328. The van der Waals surface area contributed by atoms with Gasteiger partial charge >= 0.3 is 0 Å². The second kappa shape index (κ2) is 17.8. The number of carbonyl (C=O) groups is 4. The molecule has 1 heterocycles. The lowest BCUT2D eigenvalue weighted by Crippen LogP contribution is -2.52. The van der Waals surface area contributed by atoms with E-state index in [1.807, 2.05) is 13.8 Å². The highest BCUT2D eigenvalue weighted by Crippen LogP contribution is 2.37. The third-order valence-electron chi connectivity index (χ3n) is 8.36. The molecule has 3 N–H and O–H groups in total. The van der Waals surface area contributed by atoms with E-state index in [2.05, 4.69) is 16.0 Å². The van der Waals surface area contributed by atoms with Crippen molar-refractivity contribution in [1.29, 1.82) is 0 Å². The Morgan fingerprint density at radius 1 is 0.784 bits per heavy atom. The summed E-state index contributed by atoms with van der Waals surface area (Å²) >= 11 is 0. The molecule has 14 nitrogen and oxygen atoms in total. The van der Waals surface area contributed by atoms with Crippen LogP contribution in [0.3, 0.4) is 0 Å². The average molecular weight is 707 g/mol. The summed E-state index contributed by atoms with van der Waals surface area (Å²) in [4.78, 5) is 55.8. The number of hydrogen-bond acceptors (Lipinski definition) is 10. The molecule has 0 radical (unpaired) electrons. The molecular formula is C37H46N4O10. The van der Waals surface area contributed by atoms with E-state index >= 15 is 0 Å². The van der Waals surface area contributed by atoms with Crippen LogP contribution >= 0.6 is 0 Å². The molecule has 0 spiro atoms. The van der Waals surface area contributed by atoms with Crippen LogP contribution in [0.2, 0.25) is 0 Å². The minimum Gasteiger partial charge on any atom is -0.496 e. The monoisotopic (exact) mass is 706 g/mol. The minimum absolute atomic E-state index is 0.0104. The minimum atomic E-state index is -0.929. The predicted molar refractivity (Wildman–Crippen MR) is 188 cm³/mol. The number of amides is 4. The van der Waals surface area contributed by atoms with Crippen molar-refractivity contribution >= 4 is 23.6 Å². The molecule has 0 saturated carbocycles. The Labute approximate surface area is 297 Å². The molecule has 1 atom stereocenters. The molecule has 4 rings (SSSR count). The van der Waals surface area contributed by atoms with Crippen LogP contribution in [-0.4, -0.2) is 89.8 Å². The van der Waals surface area contributed by atoms with Gasteiger partial charge in [0.25, 0.3) is 11.8 Å². The molecule has 0 saturated heterocycles.